The van der Waals surface area contributed by atoms with Crippen LogP contribution in [0.5, 0.6) is 0 Å². The van der Waals surface area contributed by atoms with Crippen LogP contribution in [0.25, 0.3) is 0 Å². The van der Waals surface area contributed by atoms with Crippen LogP contribution >= 0.6 is 0 Å². The number of fused-ring (bicyclic) bond motifs is 1. The van der Waals surface area contributed by atoms with Crippen molar-refractivity contribution in [1.82, 2.24) is 0 Å². The molecule has 1 aliphatic carbocycles. The summed E-state index contributed by atoms with van der Waals surface area (Å²) in [5.74, 6) is -2.07. The maximum atomic E-state index is 14.5. The topological polar surface area (TPSA) is 85.9 Å². The third-order valence-corrected chi connectivity index (χ3v) is 5.16. The first kappa shape index (κ1) is 17.1. The van der Waals surface area contributed by atoms with E-state index in [1.807, 2.05) is 0 Å². The summed E-state index contributed by atoms with van der Waals surface area (Å²) < 4.78 is 52.9. The second kappa shape index (κ2) is 6.15. The first-order valence-corrected chi connectivity index (χ1v) is 8.40. The quantitative estimate of drug-likeness (QED) is 0.850. The number of rotatable bonds is 4. The van der Waals surface area contributed by atoms with Crippen molar-refractivity contribution in [1.29, 1.82) is 0 Å². The van der Waals surface area contributed by atoms with E-state index < -0.39 is 29.8 Å². The fourth-order valence-corrected chi connectivity index (χ4v) is 3.70. The Hall–Kier alpha value is -2.29. The number of anilines is 1. The van der Waals surface area contributed by atoms with E-state index in [1.165, 1.54) is 12.1 Å². The Bertz CT molecular complexity index is 767. The highest BCUT2D eigenvalue weighted by atomic mass is 19.3. The molecule has 6 nitrogen and oxygen atoms in total. The van der Waals surface area contributed by atoms with Gasteiger partial charge in [0.15, 0.2) is 5.54 Å². The van der Waals surface area contributed by atoms with E-state index >= 15 is 0 Å². The number of carbonyl (C=O) groups is 1. The molecule has 140 valence electrons. The number of carbonyl (C=O) groups excluding carboxylic acids is 1. The Morgan fingerprint density at radius 3 is 2.92 bits per heavy atom. The zero-order valence-electron chi connectivity index (χ0n) is 13.8. The van der Waals surface area contributed by atoms with Gasteiger partial charge >= 0.3 is 0 Å². The Kier molecular flexibility index (Phi) is 4.06. The maximum Gasteiger partial charge on any atom is 0.283 e. The van der Waals surface area contributed by atoms with Gasteiger partial charge in [-0.2, -0.15) is 0 Å². The van der Waals surface area contributed by atoms with Gasteiger partial charge < -0.3 is 20.5 Å². The van der Waals surface area contributed by atoms with Gasteiger partial charge in [0.05, 0.1) is 12.5 Å². The standard InChI is InChI=1S/C17H18F3N3O3/c18-12-2-1-9(22-14(24)8-3-4-25-7-8)5-10(12)17(15(19)20)11-6-13(11)26-16(21)23-17/h1-2,5,8,11,13,15H,3-4,6-7H2,(H2,21,23)(H,22,24)/t8-,11+,13-,17-/m1/s1. The number of hydrogen-bond acceptors (Lipinski definition) is 5. The molecule has 1 amide bonds. The summed E-state index contributed by atoms with van der Waals surface area (Å²) in [6, 6.07) is 3.23. The van der Waals surface area contributed by atoms with E-state index in [2.05, 4.69) is 10.3 Å². The summed E-state index contributed by atoms with van der Waals surface area (Å²) in [6.07, 6.45) is -2.55. The third-order valence-electron chi connectivity index (χ3n) is 5.16. The monoisotopic (exact) mass is 369 g/mol. The summed E-state index contributed by atoms with van der Waals surface area (Å²) in [6.45, 7) is 0.807. The van der Waals surface area contributed by atoms with Gasteiger partial charge in [0.25, 0.3) is 12.4 Å². The van der Waals surface area contributed by atoms with Crippen molar-refractivity contribution in [3.8, 4) is 0 Å². The first-order valence-electron chi connectivity index (χ1n) is 8.40. The van der Waals surface area contributed by atoms with Crippen molar-refractivity contribution in [2.45, 2.75) is 30.9 Å². The van der Waals surface area contributed by atoms with Gasteiger partial charge in [-0.15, -0.1) is 0 Å². The van der Waals surface area contributed by atoms with Crippen LogP contribution in [0.1, 0.15) is 18.4 Å². The minimum atomic E-state index is -2.97. The highest BCUT2D eigenvalue weighted by Gasteiger charge is 2.64. The number of halogens is 3. The average Bonchev–Trinajstić information content (AvgIpc) is 3.16. The van der Waals surface area contributed by atoms with Crippen molar-refractivity contribution in [3.63, 3.8) is 0 Å². The zero-order valence-corrected chi connectivity index (χ0v) is 13.8. The molecule has 0 spiro atoms. The lowest BCUT2D eigenvalue weighted by Crippen LogP contribution is -2.43. The Balaban J connectivity index is 1.69. The van der Waals surface area contributed by atoms with Gasteiger partial charge in [-0.05, 0) is 31.0 Å². The van der Waals surface area contributed by atoms with E-state index in [0.717, 1.165) is 6.07 Å². The van der Waals surface area contributed by atoms with Gasteiger partial charge in [-0.25, -0.2) is 18.2 Å². The van der Waals surface area contributed by atoms with Crippen LogP contribution in [0.15, 0.2) is 23.2 Å². The van der Waals surface area contributed by atoms with Crippen molar-refractivity contribution in [3.05, 3.63) is 29.6 Å². The highest BCUT2D eigenvalue weighted by Crippen LogP contribution is 2.56. The number of amides is 1. The number of ether oxygens (including phenoxy) is 2. The third kappa shape index (κ3) is 2.70. The molecule has 3 aliphatic rings. The summed E-state index contributed by atoms with van der Waals surface area (Å²) in [5.41, 5.74) is 3.39. The number of hydrogen-bond donors (Lipinski definition) is 2. The molecule has 0 aromatic heterocycles. The number of benzene rings is 1. The molecular formula is C17H18F3N3O3. The molecular weight excluding hydrogens is 351 g/mol. The number of aliphatic imine (C=N–C) groups is 1. The fraction of sp³-hybridized carbons (Fsp3) is 0.529. The maximum absolute atomic E-state index is 14.5. The summed E-state index contributed by atoms with van der Waals surface area (Å²) in [5, 5.41) is 2.64. The lowest BCUT2D eigenvalue weighted by Gasteiger charge is -2.33. The van der Waals surface area contributed by atoms with Crippen molar-refractivity contribution < 1.29 is 27.4 Å². The minimum absolute atomic E-state index is 0.232. The molecule has 26 heavy (non-hydrogen) atoms. The van der Waals surface area contributed by atoms with Crippen molar-refractivity contribution in [2.75, 3.05) is 18.5 Å². The Morgan fingerprint density at radius 2 is 2.23 bits per heavy atom. The summed E-state index contributed by atoms with van der Waals surface area (Å²) >= 11 is 0. The molecule has 0 bridgehead atoms. The predicted molar refractivity (Wildman–Crippen MR) is 86.2 cm³/mol. The van der Waals surface area contributed by atoms with Crippen LogP contribution in [-0.2, 0) is 19.8 Å². The molecule has 0 radical (unpaired) electrons. The molecule has 0 unspecified atom stereocenters. The normalized spacial score (nSPS) is 32.6. The number of nitrogens with one attached hydrogen (secondary N) is 1. The molecule has 2 heterocycles. The average molecular weight is 369 g/mol. The van der Waals surface area contributed by atoms with Crippen LogP contribution in [0.3, 0.4) is 0 Å². The van der Waals surface area contributed by atoms with E-state index in [0.29, 0.717) is 26.1 Å². The number of alkyl halides is 2. The van der Waals surface area contributed by atoms with Gasteiger partial charge in [-0.3, -0.25) is 4.79 Å². The van der Waals surface area contributed by atoms with Crippen LogP contribution in [0.2, 0.25) is 0 Å². The van der Waals surface area contributed by atoms with Crippen molar-refractivity contribution >= 4 is 17.6 Å². The predicted octanol–water partition coefficient (Wildman–Crippen LogP) is 1.99. The van der Waals surface area contributed by atoms with Gasteiger partial charge in [0, 0.05) is 23.8 Å². The molecule has 1 aromatic rings. The van der Waals surface area contributed by atoms with Crippen LogP contribution in [-0.4, -0.2) is 37.7 Å². The zero-order chi connectivity index (χ0) is 18.5. The molecule has 1 aromatic carbocycles. The Morgan fingerprint density at radius 1 is 1.42 bits per heavy atom. The van der Waals surface area contributed by atoms with Crippen molar-refractivity contribution in [2.24, 2.45) is 22.6 Å². The Labute approximate surface area is 147 Å². The first-order chi connectivity index (χ1) is 12.4. The molecule has 2 fully saturated rings. The number of nitrogens with two attached hydrogens (primary N) is 1. The fourth-order valence-electron chi connectivity index (χ4n) is 3.70. The van der Waals surface area contributed by atoms with Crippen LogP contribution in [0.4, 0.5) is 18.9 Å². The molecule has 4 atom stereocenters. The second-order valence-electron chi connectivity index (χ2n) is 6.82. The summed E-state index contributed by atoms with van der Waals surface area (Å²) in [7, 11) is 0. The van der Waals surface area contributed by atoms with Gasteiger partial charge in [0.2, 0.25) is 5.91 Å². The smallest absolute Gasteiger partial charge is 0.283 e. The molecule has 2 aliphatic heterocycles. The molecule has 4 rings (SSSR count). The van der Waals surface area contributed by atoms with Crippen LogP contribution < -0.4 is 11.1 Å². The lowest BCUT2D eigenvalue weighted by molar-refractivity contribution is -0.119. The molecule has 3 N–H and O–H groups in total. The SMILES string of the molecule is NC1=N[C@@](c2cc(NC(=O)[C@@H]3CCOC3)ccc2F)(C(F)F)[C@H]2C[C@H]2O1. The minimum Gasteiger partial charge on any atom is -0.462 e. The van der Waals surface area contributed by atoms with Crippen LogP contribution in [0, 0.1) is 17.7 Å². The van der Waals surface area contributed by atoms with E-state index in [4.69, 9.17) is 15.2 Å². The second-order valence-corrected chi connectivity index (χ2v) is 6.82. The largest absolute Gasteiger partial charge is 0.462 e. The van der Waals surface area contributed by atoms with Gasteiger partial charge in [-0.1, -0.05) is 0 Å². The number of amidine groups is 1. The number of nitrogens with zero attached hydrogens (tertiary/aromatic N) is 1. The summed E-state index contributed by atoms with van der Waals surface area (Å²) in [4.78, 5) is 16.0. The lowest BCUT2D eigenvalue weighted by atomic mass is 9.84. The molecule has 1 saturated heterocycles. The molecule has 1 saturated carbocycles. The molecule has 9 heteroatoms. The van der Waals surface area contributed by atoms with E-state index in [9.17, 15) is 18.0 Å². The highest BCUT2D eigenvalue weighted by molar-refractivity contribution is 5.93. The van der Waals surface area contributed by atoms with E-state index in [1.54, 1.807) is 0 Å². The van der Waals surface area contributed by atoms with E-state index in [-0.39, 0.29) is 29.1 Å². The van der Waals surface area contributed by atoms with Gasteiger partial charge in [0.1, 0.15) is 11.9 Å².